The van der Waals surface area contributed by atoms with Crippen molar-refractivity contribution in [1.29, 1.82) is 0 Å². The van der Waals surface area contributed by atoms with E-state index >= 15 is 0 Å². The number of para-hydroxylation sites is 1. The van der Waals surface area contributed by atoms with Crippen molar-refractivity contribution < 1.29 is 9.84 Å². The molecule has 5 aromatic rings. The first-order chi connectivity index (χ1) is 18.6. The molecule has 2 aromatic heterocycles. The number of ether oxygens (including phenoxy) is 1. The summed E-state index contributed by atoms with van der Waals surface area (Å²) in [5.41, 5.74) is 2.82. The molecule has 1 aliphatic heterocycles. The van der Waals surface area contributed by atoms with Crippen molar-refractivity contribution in [2.45, 2.75) is 18.9 Å². The molecule has 0 bridgehead atoms. The van der Waals surface area contributed by atoms with Crippen LogP contribution in [0, 0.1) is 0 Å². The average Bonchev–Trinajstić information content (AvgIpc) is 2.95. The molecule has 0 saturated carbocycles. The Morgan fingerprint density at radius 1 is 0.868 bits per heavy atom. The summed E-state index contributed by atoms with van der Waals surface area (Å²) in [6.07, 6.45) is 2.68. The Labute approximate surface area is 219 Å². The van der Waals surface area contributed by atoms with Crippen LogP contribution in [0.5, 0.6) is 11.5 Å². The van der Waals surface area contributed by atoms with Gasteiger partial charge < -0.3 is 25.0 Å². The minimum absolute atomic E-state index is 0.271. The Morgan fingerprint density at radius 2 is 1.53 bits per heavy atom. The Balaban J connectivity index is 1.41. The molecule has 3 N–H and O–H groups in total. The number of anilines is 3. The largest absolute Gasteiger partial charge is 0.457 e. The molecule has 3 heterocycles. The SMILES string of the molecule is O=c1[nH]cc(-c2ccccc2)c2nc(N3CCC(O)CC3)nc(Nc3ccc(Oc4ccccc4)cc3)c12. The van der Waals surface area contributed by atoms with E-state index in [-0.39, 0.29) is 11.7 Å². The van der Waals surface area contributed by atoms with Gasteiger partial charge in [-0.15, -0.1) is 0 Å². The summed E-state index contributed by atoms with van der Waals surface area (Å²) in [5.74, 6) is 2.41. The number of aromatic amines is 1. The topological polar surface area (TPSA) is 103 Å². The molecule has 0 atom stereocenters. The number of pyridine rings is 1. The van der Waals surface area contributed by atoms with Crippen LogP contribution in [-0.4, -0.2) is 39.3 Å². The number of nitrogens with one attached hydrogen (secondary N) is 2. The smallest absolute Gasteiger partial charge is 0.261 e. The van der Waals surface area contributed by atoms with Crippen molar-refractivity contribution in [3.8, 4) is 22.6 Å². The van der Waals surface area contributed by atoms with E-state index in [0.29, 0.717) is 54.3 Å². The molecule has 3 aromatic carbocycles. The molecule has 0 unspecified atom stereocenters. The molecule has 190 valence electrons. The van der Waals surface area contributed by atoms with Crippen molar-refractivity contribution in [3.05, 3.63) is 101 Å². The molecule has 0 spiro atoms. The Hall–Kier alpha value is -4.69. The van der Waals surface area contributed by atoms with Crippen molar-refractivity contribution >= 4 is 28.4 Å². The van der Waals surface area contributed by atoms with E-state index in [1.54, 1.807) is 6.20 Å². The normalized spacial score (nSPS) is 14.0. The van der Waals surface area contributed by atoms with Gasteiger partial charge in [0.15, 0.2) is 0 Å². The van der Waals surface area contributed by atoms with Gasteiger partial charge in [-0.2, -0.15) is 4.98 Å². The Bertz CT molecular complexity index is 1600. The molecular formula is C30H27N5O3. The number of aromatic nitrogens is 3. The van der Waals surface area contributed by atoms with Gasteiger partial charge in [-0.1, -0.05) is 48.5 Å². The monoisotopic (exact) mass is 505 g/mol. The predicted molar refractivity (Wildman–Crippen MR) is 149 cm³/mol. The fraction of sp³-hybridized carbons (Fsp3) is 0.167. The average molecular weight is 506 g/mol. The molecule has 1 aliphatic rings. The van der Waals surface area contributed by atoms with E-state index in [1.165, 1.54) is 0 Å². The molecule has 6 rings (SSSR count). The summed E-state index contributed by atoms with van der Waals surface area (Å²) in [7, 11) is 0. The number of benzene rings is 3. The second-order valence-corrected chi connectivity index (χ2v) is 9.28. The van der Waals surface area contributed by atoms with Gasteiger partial charge in [0.2, 0.25) is 5.95 Å². The predicted octanol–water partition coefficient (Wildman–Crippen LogP) is 5.48. The summed E-state index contributed by atoms with van der Waals surface area (Å²) in [5, 5.41) is 13.7. The van der Waals surface area contributed by atoms with Crippen LogP contribution in [0.4, 0.5) is 17.5 Å². The Morgan fingerprint density at radius 3 is 2.24 bits per heavy atom. The van der Waals surface area contributed by atoms with Crippen LogP contribution < -0.4 is 20.5 Å². The standard InChI is InChI=1S/C30H27N5O3/c36-22-15-17-35(18-16-22)30-33-27-25(20-7-3-1-4-8-20)19-31-29(37)26(27)28(34-30)32-21-11-13-24(14-12-21)38-23-9-5-2-6-10-23/h1-14,19,22,36H,15-18H2,(H,31,37)(H,32,33,34). The zero-order valence-corrected chi connectivity index (χ0v) is 20.7. The third kappa shape index (κ3) is 4.94. The maximum Gasteiger partial charge on any atom is 0.261 e. The quantitative estimate of drug-likeness (QED) is 0.281. The third-order valence-corrected chi connectivity index (χ3v) is 6.66. The molecular weight excluding hydrogens is 478 g/mol. The van der Waals surface area contributed by atoms with Gasteiger partial charge in [-0.25, -0.2) is 4.98 Å². The molecule has 8 heteroatoms. The third-order valence-electron chi connectivity index (χ3n) is 6.66. The molecule has 0 amide bonds. The fourth-order valence-electron chi connectivity index (χ4n) is 4.64. The van der Waals surface area contributed by atoms with Gasteiger partial charge in [0.1, 0.15) is 22.7 Å². The number of piperidine rings is 1. The Kier molecular flexibility index (Phi) is 6.46. The van der Waals surface area contributed by atoms with Gasteiger partial charge in [0.25, 0.3) is 5.56 Å². The van der Waals surface area contributed by atoms with Gasteiger partial charge in [0.05, 0.1) is 11.6 Å². The van der Waals surface area contributed by atoms with Crippen LogP contribution >= 0.6 is 0 Å². The summed E-state index contributed by atoms with van der Waals surface area (Å²) in [6, 6.07) is 26.9. The van der Waals surface area contributed by atoms with Crippen molar-refractivity contribution in [3.63, 3.8) is 0 Å². The highest BCUT2D eigenvalue weighted by Gasteiger charge is 2.23. The molecule has 0 aliphatic carbocycles. The molecule has 38 heavy (non-hydrogen) atoms. The molecule has 1 fully saturated rings. The second-order valence-electron chi connectivity index (χ2n) is 9.28. The van der Waals surface area contributed by atoms with Gasteiger partial charge in [-0.05, 0) is 54.8 Å². The van der Waals surface area contributed by atoms with Crippen LogP contribution in [0.2, 0.25) is 0 Å². The lowest BCUT2D eigenvalue weighted by Crippen LogP contribution is -2.37. The van der Waals surface area contributed by atoms with Crippen LogP contribution in [0.3, 0.4) is 0 Å². The zero-order valence-electron chi connectivity index (χ0n) is 20.7. The first kappa shape index (κ1) is 23.7. The van der Waals surface area contributed by atoms with Crippen molar-refractivity contribution in [2.75, 3.05) is 23.3 Å². The zero-order chi connectivity index (χ0) is 25.9. The molecule has 1 saturated heterocycles. The maximum atomic E-state index is 13.1. The highest BCUT2D eigenvalue weighted by atomic mass is 16.5. The van der Waals surface area contributed by atoms with E-state index in [4.69, 9.17) is 14.7 Å². The highest BCUT2D eigenvalue weighted by molar-refractivity contribution is 5.99. The van der Waals surface area contributed by atoms with E-state index in [2.05, 4.69) is 15.2 Å². The van der Waals surface area contributed by atoms with Gasteiger partial charge >= 0.3 is 0 Å². The van der Waals surface area contributed by atoms with Crippen LogP contribution in [-0.2, 0) is 0 Å². The lowest BCUT2D eigenvalue weighted by Gasteiger charge is -2.30. The van der Waals surface area contributed by atoms with Crippen LogP contribution in [0.25, 0.3) is 22.0 Å². The number of rotatable bonds is 6. The fourth-order valence-corrected chi connectivity index (χ4v) is 4.64. The number of nitrogens with zero attached hydrogens (tertiary/aromatic N) is 3. The number of aliphatic hydroxyl groups excluding tert-OH is 1. The number of fused-ring (bicyclic) bond motifs is 1. The maximum absolute atomic E-state index is 13.1. The van der Waals surface area contributed by atoms with Gasteiger partial charge in [-0.3, -0.25) is 4.79 Å². The van der Waals surface area contributed by atoms with Crippen molar-refractivity contribution in [1.82, 2.24) is 15.0 Å². The van der Waals surface area contributed by atoms with E-state index in [1.807, 2.05) is 84.9 Å². The van der Waals surface area contributed by atoms with Crippen molar-refractivity contribution in [2.24, 2.45) is 0 Å². The highest BCUT2D eigenvalue weighted by Crippen LogP contribution is 2.32. The summed E-state index contributed by atoms with van der Waals surface area (Å²) in [4.78, 5) is 27.7. The molecule has 8 nitrogen and oxygen atoms in total. The van der Waals surface area contributed by atoms with E-state index in [0.717, 1.165) is 22.6 Å². The van der Waals surface area contributed by atoms with Crippen LogP contribution in [0.1, 0.15) is 12.8 Å². The number of aliphatic hydroxyl groups is 1. The number of hydrogen-bond acceptors (Lipinski definition) is 7. The lowest BCUT2D eigenvalue weighted by molar-refractivity contribution is 0.145. The summed E-state index contributed by atoms with van der Waals surface area (Å²) >= 11 is 0. The first-order valence-corrected chi connectivity index (χ1v) is 12.7. The number of hydrogen-bond donors (Lipinski definition) is 3. The number of H-pyrrole nitrogens is 1. The second kappa shape index (κ2) is 10.4. The van der Waals surface area contributed by atoms with E-state index < -0.39 is 0 Å². The minimum atomic E-state index is -0.316. The van der Waals surface area contributed by atoms with E-state index in [9.17, 15) is 9.90 Å². The van der Waals surface area contributed by atoms with Gasteiger partial charge in [0, 0.05) is 30.5 Å². The van der Waals surface area contributed by atoms with Crippen LogP contribution in [0.15, 0.2) is 95.9 Å². The minimum Gasteiger partial charge on any atom is -0.457 e. The summed E-state index contributed by atoms with van der Waals surface area (Å²) in [6.45, 7) is 1.28. The molecule has 0 radical (unpaired) electrons. The summed E-state index contributed by atoms with van der Waals surface area (Å²) < 4.78 is 5.91. The first-order valence-electron chi connectivity index (χ1n) is 12.7. The lowest BCUT2D eigenvalue weighted by atomic mass is 10.0.